The Morgan fingerprint density at radius 3 is 2.47 bits per heavy atom. The molecule has 2 rings (SSSR count). The highest BCUT2D eigenvalue weighted by Gasteiger charge is 2.29. The van der Waals surface area contributed by atoms with Crippen LogP contribution >= 0.6 is 11.8 Å². The lowest BCUT2D eigenvalue weighted by Crippen LogP contribution is -2.19. The predicted octanol–water partition coefficient (Wildman–Crippen LogP) is 2.03. The first-order chi connectivity index (χ1) is 8.26. The standard InChI is InChI=1S/C12H7N3OS/c13-6-9(7-14)12-15(8-11(16)17-12)10-4-2-1-3-5-10/h1-5H,8H2. The Bertz CT molecular complexity index is 550. The number of para-hydroxylation sites is 1. The van der Waals surface area contributed by atoms with E-state index in [1.54, 1.807) is 4.90 Å². The van der Waals surface area contributed by atoms with E-state index in [1.807, 2.05) is 42.5 Å². The number of nitriles is 2. The maximum atomic E-state index is 11.4. The average molecular weight is 241 g/mol. The third-order valence-corrected chi connectivity index (χ3v) is 3.22. The van der Waals surface area contributed by atoms with Crippen molar-refractivity contribution in [3.05, 3.63) is 40.9 Å². The van der Waals surface area contributed by atoms with Crippen LogP contribution in [0.3, 0.4) is 0 Å². The molecule has 0 aromatic heterocycles. The zero-order valence-corrected chi connectivity index (χ0v) is 9.57. The molecule has 5 heteroatoms. The van der Waals surface area contributed by atoms with Crippen LogP contribution in [0.15, 0.2) is 40.9 Å². The predicted molar refractivity (Wildman–Crippen MR) is 64.6 cm³/mol. The third kappa shape index (κ3) is 2.15. The van der Waals surface area contributed by atoms with Crippen molar-refractivity contribution in [2.75, 3.05) is 11.4 Å². The zero-order valence-electron chi connectivity index (χ0n) is 8.75. The fourth-order valence-electron chi connectivity index (χ4n) is 1.52. The van der Waals surface area contributed by atoms with E-state index in [2.05, 4.69) is 0 Å². The molecule has 17 heavy (non-hydrogen) atoms. The Balaban J connectivity index is 2.48. The molecule has 0 radical (unpaired) electrons. The minimum atomic E-state index is -0.0631. The summed E-state index contributed by atoms with van der Waals surface area (Å²) in [7, 11) is 0. The molecular formula is C12H7N3OS. The normalized spacial score (nSPS) is 14.4. The molecule has 1 aromatic rings. The maximum absolute atomic E-state index is 11.4. The zero-order chi connectivity index (χ0) is 12.3. The first-order valence-corrected chi connectivity index (χ1v) is 5.65. The number of carbonyl (C=O) groups is 1. The van der Waals surface area contributed by atoms with Gasteiger partial charge in [-0.1, -0.05) is 18.2 Å². The highest BCUT2D eigenvalue weighted by molar-refractivity contribution is 8.17. The van der Waals surface area contributed by atoms with Crippen molar-refractivity contribution in [1.29, 1.82) is 10.5 Å². The van der Waals surface area contributed by atoms with Crippen LogP contribution in [0.1, 0.15) is 0 Å². The molecule has 0 amide bonds. The number of hydrogen-bond acceptors (Lipinski definition) is 5. The van der Waals surface area contributed by atoms with Gasteiger partial charge in [-0.05, 0) is 23.9 Å². The molecule has 0 spiro atoms. The van der Waals surface area contributed by atoms with E-state index in [-0.39, 0.29) is 17.2 Å². The van der Waals surface area contributed by atoms with Crippen molar-refractivity contribution in [3.63, 3.8) is 0 Å². The number of rotatable bonds is 1. The lowest BCUT2D eigenvalue weighted by atomic mass is 10.2. The minimum absolute atomic E-state index is 0.0234. The van der Waals surface area contributed by atoms with E-state index in [4.69, 9.17) is 10.5 Å². The number of thioether (sulfide) groups is 1. The van der Waals surface area contributed by atoms with Crippen LogP contribution in [-0.4, -0.2) is 11.7 Å². The summed E-state index contributed by atoms with van der Waals surface area (Å²) in [6.45, 7) is 0.191. The van der Waals surface area contributed by atoms with E-state index in [1.165, 1.54) is 0 Å². The summed E-state index contributed by atoms with van der Waals surface area (Å²) >= 11 is 0.947. The molecule has 0 bridgehead atoms. The first-order valence-electron chi connectivity index (χ1n) is 4.84. The monoisotopic (exact) mass is 241 g/mol. The highest BCUT2D eigenvalue weighted by Crippen LogP contribution is 2.35. The summed E-state index contributed by atoms with van der Waals surface area (Å²) < 4.78 is 0. The van der Waals surface area contributed by atoms with Gasteiger partial charge in [0.2, 0.25) is 5.12 Å². The molecule has 0 aliphatic carbocycles. The first kappa shape index (κ1) is 11.3. The van der Waals surface area contributed by atoms with Gasteiger partial charge in [0, 0.05) is 5.69 Å². The lowest BCUT2D eigenvalue weighted by Gasteiger charge is -2.17. The van der Waals surface area contributed by atoms with E-state index in [9.17, 15) is 4.79 Å². The van der Waals surface area contributed by atoms with Crippen molar-refractivity contribution in [1.82, 2.24) is 0 Å². The smallest absolute Gasteiger partial charge is 0.214 e. The SMILES string of the molecule is N#CC(C#N)=C1SC(=O)CN1c1ccccc1. The largest absolute Gasteiger partial charge is 0.326 e. The summed E-state index contributed by atoms with van der Waals surface area (Å²) in [6, 6.07) is 12.9. The molecule has 0 saturated carbocycles. The molecule has 1 heterocycles. The Kier molecular flexibility index (Phi) is 3.13. The van der Waals surface area contributed by atoms with Crippen LogP contribution in [0.25, 0.3) is 0 Å². The van der Waals surface area contributed by atoms with Gasteiger partial charge in [0.05, 0.1) is 6.54 Å². The molecule has 1 aliphatic heterocycles. The van der Waals surface area contributed by atoms with Crippen molar-refractivity contribution in [2.24, 2.45) is 0 Å². The number of allylic oxidation sites excluding steroid dienone is 1. The second kappa shape index (κ2) is 4.73. The fraction of sp³-hybridized carbons (Fsp3) is 0.0833. The van der Waals surface area contributed by atoms with Crippen LogP contribution in [0, 0.1) is 22.7 Å². The van der Waals surface area contributed by atoms with Gasteiger partial charge in [-0.2, -0.15) is 10.5 Å². The van der Waals surface area contributed by atoms with Crippen molar-refractivity contribution >= 4 is 22.6 Å². The van der Waals surface area contributed by atoms with Crippen molar-refractivity contribution < 1.29 is 4.79 Å². The molecule has 1 aliphatic rings. The summed E-state index contributed by atoms with van der Waals surface area (Å²) in [6.07, 6.45) is 0. The second-order valence-corrected chi connectivity index (χ2v) is 4.35. The average Bonchev–Trinajstić information content (AvgIpc) is 2.74. The Hall–Kier alpha value is -2.24. The molecule has 0 unspecified atom stereocenters. The van der Waals surface area contributed by atoms with E-state index >= 15 is 0 Å². The summed E-state index contributed by atoms with van der Waals surface area (Å²) in [5, 5.41) is 18.1. The molecule has 0 atom stereocenters. The highest BCUT2D eigenvalue weighted by atomic mass is 32.2. The van der Waals surface area contributed by atoms with E-state index in [0.717, 1.165) is 17.4 Å². The molecule has 1 saturated heterocycles. The Morgan fingerprint density at radius 1 is 1.24 bits per heavy atom. The number of benzene rings is 1. The van der Waals surface area contributed by atoms with Gasteiger partial charge in [0.15, 0.2) is 5.57 Å². The summed E-state index contributed by atoms with van der Waals surface area (Å²) in [5.41, 5.74) is 0.786. The number of nitrogens with zero attached hydrogens (tertiary/aromatic N) is 3. The second-order valence-electron chi connectivity index (χ2n) is 3.30. The van der Waals surface area contributed by atoms with E-state index in [0.29, 0.717) is 5.03 Å². The maximum Gasteiger partial charge on any atom is 0.214 e. The van der Waals surface area contributed by atoms with Crippen LogP contribution in [-0.2, 0) is 4.79 Å². The molecule has 1 fully saturated rings. The molecule has 82 valence electrons. The van der Waals surface area contributed by atoms with Crippen molar-refractivity contribution in [2.45, 2.75) is 0 Å². The van der Waals surface area contributed by atoms with Crippen LogP contribution in [0.4, 0.5) is 5.69 Å². The Morgan fingerprint density at radius 2 is 1.88 bits per heavy atom. The van der Waals surface area contributed by atoms with Gasteiger partial charge in [-0.15, -0.1) is 0 Å². The number of carbonyl (C=O) groups excluding carboxylic acids is 1. The quantitative estimate of drug-likeness (QED) is 0.704. The van der Waals surface area contributed by atoms with Crippen LogP contribution in [0.2, 0.25) is 0 Å². The fourth-order valence-corrected chi connectivity index (χ4v) is 2.40. The van der Waals surface area contributed by atoms with Gasteiger partial charge in [-0.25, -0.2) is 0 Å². The Labute approximate surface area is 103 Å². The summed E-state index contributed by atoms with van der Waals surface area (Å²) in [5.74, 6) is 0. The molecule has 4 nitrogen and oxygen atoms in total. The van der Waals surface area contributed by atoms with Gasteiger partial charge in [-0.3, -0.25) is 4.79 Å². The van der Waals surface area contributed by atoms with E-state index < -0.39 is 0 Å². The van der Waals surface area contributed by atoms with Gasteiger partial charge in [0.25, 0.3) is 0 Å². The van der Waals surface area contributed by atoms with Crippen molar-refractivity contribution in [3.8, 4) is 12.1 Å². The minimum Gasteiger partial charge on any atom is -0.326 e. The molecule has 0 N–H and O–H groups in total. The number of anilines is 1. The van der Waals surface area contributed by atoms with Gasteiger partial charge >= 0.3 is 0 Å². The molecule has 1 aromatic carbocycles. The van der Waals surface area contributed by atoms with Gasteiger partial charge < -0.3 is 4.90 Å². The van der Waals surface area contributed by atoms with Crippen LogP contribution in [0.5, 0.6) is 0 Å². The van der Waals surface area contributed by atoms with Crippen LogP contribution < -0.4 is 4.90 Å². The topological polar surface area (TPSA) is 67.9 Å². The van der Waals surface area contributed by atoms with Gasteiger partial charge in [0.1, 0.15) is 17.2 Å². The third-order valence-electron chi connectivity index (χ3n) is 2.25. The lowest BCUT2D eigenvalue weighted by molar-refractivity contribution is -0.109. The summed E-state index contributed by atoms with van der Waals surface area (Å²) in [4.78, 5) is 13.1. The molecular weight excluding hydrogens is 234 g/mol. The number of hydrogen-bond donors (Lipinski definition) is 0.